The minimum atomic E-state index is 0.608. The summed E-state index contributed by atoms with van der Waals surface area (Å²) in [6.07, 6.45) is 5.17. The first kappa shape index (κ1) is 9.73. The third-order valence-corrected chi connectivity index (χ3v) is 3.36. The molecule has 0 saturated carbocycles. The van der Waals surface area contributed by atoms with Crippen molar-refractivity contribution >= 4 is 17.4 Å². The zero-order valence-corrected chi connectivity index (χ0v) is 9.51. The van der Waals surface area contributed by atoms with Gasteiger partial charge < -0.3 is 5.73 Å². The number of hydrogen-bond donors (Lipinski definition) is 2. The van der Waals surface area contributed by atoms with Gasteiger partial charge in [0.15, 0.2) is 0 Å². The molecule has 1 aromatic carbocycles. The van der Waals surface area contributed by atoms with E-state index in [0.717, 1.165) is 29.0 Å². The molecule has 3 N–H and O–H groups in total. The Balaban J connectivity index is 2.25. The topological polar surface area (TPSA) is 54.7 Å². The van der Waals surface area contributed by atoms with Gasteiger partial charge in [0, 0.05) is 10.6 Å². The lowest BCUT2D eigenvalue weighted by Gasteiger charge is -2.08. The normalized spacial score (nSPS) is 14.1. The Morgan fingerprint density at radius 1 is 1.25 bits per heavy atom. The highest BCUT2D eigenvalue weighted by Gasteiger charge is 2.18. The molecule has 0 fully saturated rings. The van der Waals surface area contributed by atoms with Crippen LogP contribution in [-0.2, 0) is 12.8 Å². The lowest BCUT2D eigenvalue weighted by atomic mass is 9.98. The van der Waals surface area contributed by atoms with Crippen molar-refractivity contribution in [2.24, 2.45) is 0 Å². The fourth-order valence-corrected chi connectivity index (χ4v) is 2.66. The van der Waals surface area contributed by atoms with Gasteiger partial charge in [-0.15, -0.1) is 0 Å². The van der Waals surface area contributed by atoms with Gasteiger partial charge in [0.2, 0.25) is 0 Å². The lowest BCUT2D eigenvalue weighted by Crippen LogP contribution is -1.92. The fraction of sp³-hybridized carbons (Fsp3) is 0.250. The van der Waals surface area contributed by atoms with E-state index in [1.807, 2.05) is 6.07 Å². The minimum absolute atomic E-state index is 0.608. The standard InChI is InChI=1S/C12H12ClN3/c13-8-4-7-2-1-3-9(7)10(5-8)11-6-15-16-12(11)14/h4-6H,1-3H2,(H3,14,15,16). The molecule has 1 aliphatic carbocycles. The second kappa shape index (κ2) is 3.52. The number of nitrogen functional groups attached to an aromatic ring is 1. The van der Waals surface area contributed by atoms with E-state index >= 15 is 0 Å². The van der Waals surface area contributed by atoms with Crippen molar-refractivity contribution < 1.29 is 0 Å². The van der Waals surface area contributed by atoms with Crippen LogP contribution >= 0.6 is 11.6 Å². The van der Waals surface area contributed by atoms with E-state index in [4.69, 9.17) is 17.3 Å². The number of halogens is 1. The smallest absolute Gasteiger partial charge is 0.126 e. The molecule has 0 bridgehead atoms. The molecule has 1 heterocycles. The van der Waals surface area contributed by atoms with Gasteiger partial charge in [-0.05, 0) is 48.1 Å². The predicted molar refractivity (Wildman–Crippen MR) is 65.5 cm³/mol. The van der Waals surface area contributed by atoms with E-state index in [-0.39, 0.29) is 0 Å². The van der Waals surface area contributed by atoms with Crippen LogP contribution < -0.4 is 5.73 Å². The SMILES string of the molecule is Nc1[nH]ncc1-c1cc(Cl)cc2c1CCC2. The van der Waals surface area contributed by atoms with Crippen molar-refractivity contribution in [2.75, 3.05) is 5.73 Å². The highest BCUT2D eigenvalue weighted by atomic mass is 35.5. The van der Waals surface area contributed by atoms with Crippen molar-refractivity contribution in [1.82, 2.24) is 10.2 Å². The number of nitrogens with one attached hydrogen (secondary N) is 1. The monoisotopic (exact) mass is 233 g/mol. The van der Waals surface area contributed by atoms with Crippen LogP contribution in [0, 0.1) is 0 Å². The number of benzene rings is 1. The van der Waals surface area contributed by atoms with Crippen LogP contribution in [0.3, 0.4) is 0 Å². The summed E-state index contributed by atoms with van der Waals surface area (Å²) in [4.78, 5) is 0. The molecule has 0 atom stereocenters. The van der Waals surface area contributed by atoms with Crippen LogP contribution in [0.2, 0.25) is 5.02 Å². The summed E-state index contributed by atoms with van der Waals surface area (Å²) in [6, 6.07) is 4.04. The first-order chi connectivity index (χ1) is 7.75. The average molecular weight is 234 g/mol. The number of rotatable bonds is 1. The second-order valence-corrected chi connectivity index (χ2v) is 4.58. The third kappa shape index (κ3) is 1.39. The van der Waals surface area contributed by atoms with E-state index in [1.165, 1.54) is 17.5 Å². The molecule has 1 aliphatic rings. The number of aromatic amines is 1. The van der Waals surface area contributed by atoms with Gasteiger partial charge in [-0.3, -0.25) is 5.10 Å². The van der Waals surface area contributed by atoms with Gasteiger partial charge in [0.05, 0.1) is 6.20 Å². The molecule has 0 spiro atoms. The minimum Gasteiger partial charge on any atom is -0.384 e. The molecule has 2 aromatic rings. The fourth-order valence-electron chi connectivity index (χ4n) is 2.42. The van der Waals surface area contributed by atoms with Crippen LogP contribution in [0.25, 0.3) is 11.1 Å². The van der Waals surface area contributed by atoms with Crippen molar-refractivity contribution in [3.05, 3.63) is 34.5 Å². The number of nitrogens with two attached hydrogens (primary N) is 1. The molecule has 0 aliphatic heterocycles. The quantitative estimate of drug-likeness (QED) is 0.796. The van der Waals surface area contributed by atoms with Crippen molar-refractivity contribution in [3.63, 3.8) is 0 Å². The molecule has 0 amide bonds. The number of hydrogen-bond acceptors (Lipinski definition) is 2. The van der Waals surface area contributed by atoms with Crippen molar-refractivity contribution in [2.45, 2.75) is 19.3 Å². The maximum atomic E-state index is 6.13. The predicted octanol–water partition coefficient (Wildman–Crippen LogP) is 2.80. The van der Waals surface area contributed by atoms with Gasteiger partial charge in [0.25, 0.3) is 0 Å². The van der Waals surface area contributed by atoms with Gasteiger partial charge in [-0.25, -0.2) is 0 Å². The molecule has 0 unspecified atom stereocenters. The molecule has 0 radical (unpaired) electrons. The largest absolute Gasteiger partial charge is 0.384 e. The summed E-state index contributed by atoms with van der Waals surface area (Å²) in [6.45, 7) is 0. The first-order valence-electron chi connectivity index (χ1n) is 5.36. The Labute approximate surface area is 98.6 Å². The van der Waals surface area contributed by atoms with Crippen molar-refractivity contribution in [1.29, 1.82) is 0 Å². The zero-order valence-electron chi connectivity index (χ0n) is 8.76. The Bertz CT molecular complexity index is 545. The van der Waals surface area contributed by atoms with Crippen LogP contribution in [0.1, 0.15) is 17.5 Å². The number of nitrogens with zero attached hydrogens (tertiary/aromatic N) is 1. The highest BCUT2D eigenvalue weighted by molar-refractivity contribution is 6.31. The third-order valence-electron chi connectivity index (χ3n) is 3.14. The van der Waals surface area contributed by atoms with Crippen LogP contribution in [0.4, 0.5) is 5.82 Å². The first-order valence-corrected chi connectivity index (χ1v) is 5.74. The molecule has 16 heavy (non-hydrogen) atoms. The number of anilines is 1. The van der Waals surface area contributed by atoms with E-state index in [2.05, 4.69) is 16.3 Å². The summed E-state index contributed by atoms with van der Waals surface area (Å²) < 4.78 is 0. The molecular weight excluding hydrogens is 222 g/mol. The van der Waals surface area contributed by atoms with Crippen LogP contribution in [-0.4, -0.2) is 10.2 Å². The number of aryl methyl sites for hydroxylation is 1. The lowest BCUT2D eigenvalue weighted by molar-refractivity contribution is 0.912. The van der Waals surface area contributed by atoms with Crippen LogP contribution in [0.5, 0.6) is 0 Å². The molecule has 3 nitrogen and oxygen atoms in total. The summed E-state index contributed by atoms with van der Waals surface area (Å²) in [7, 11) is 0. The van der Waals surface area contributed by atoms with Gasteiger partial charge in [0.1, 0.15) is 5.82 Å². The summed E-state index contributed by atoms with van der Waals surface area (Å²) in [5.41, 5.74) is 10.7. The van der Waals surface area contributed by atoms with Gasteiger partial charge in [-0.1, -0.05) is 11.6 Å². The zero-order chi connectivity index (χ0) is 11.1. The molecule has 82 valence electrons. The van der Waals surface area contributed by atoms with E-state index in [1.54, 1.807) is 6.20 Å². The molecule has 3 rings (SSSR count). The van der Waals surface area contributed by atoms with Gasteiger partial charge in [-0.2, -0.15) is 5.10 Å². The average Bonchev–Trinajstić information content (AvgIpc) is 2.84. The molecule has 1 aromatic heterocycles. The van der Waals surface area contributed by atoms with E-state index in [9.17, 15) is 0 Å². The van der Waals surface area contributed by atoms with E-state index in [0.29, 0.717) is 5.82 Å². The summed E-state index contributed by atoms with van der Waals surface area (Å²) in [5, 5.41) is 7.50. The number of H-pyrrole nitrogens is 1. The molecule has 4 heteroatoms. The summed E-state index contributed by atoms with van der Waals surface area (Å²) in [5.74, 6) is 0.608. The molecular formula is C12H12ClN3. The Morgan fingerprint density at radius 2 is 2.12 bits per heavy atom. The highest BCUT2D eigenvalue weighted by Crippen LogP contribution is 2.36. The summed E-state index contributed by atoms with van der Waals surface area (Å²) >= 11 is 6.13. The van der Waals surface area contributed by atoms with Crippen LogP contribution in [0.15, 0.2) is 18.3 Å². The van der Waals surface area contributed by atoms with Crippen molar-refractivity contribution in [3.8, 4) is 11.1 Å². The Hall–Kier alpha value is -1.48. The number of aromatic nitrogens is 2. The maximum Gasteiger partial charge on any atom is 0.126 e. The van der Waals surface area contributed by atoms with Gasteiger partial charge >= 0.3 is 0 Å². The maximum absolute atomic E-state index is 6.13. The Morgan fingerprint density at radius 3 is 2.88 bits per heavy atom. The molecule has 0 saturated heterocycles. The number of fused-ring (bicyclic) bond motifs is 1. The van der Waals surface area contributed by atoms with E-state index < -0.39 is 0 Å². The Kier molecular flexibility index (Phi) is 2.14. The second-order valence-electron chi connectivity index (χ2n) is 4.14.